The third-order valence-electron chi connectivity index (χ3n) is 4.58. The van der Waals surface area contributed by atoms with Crippen LogP contribution >= 0.6 is 0 Å². The maximum atomic E-state index is 11.3. The number of phenolic OH excluding ortho intramolecular Hbond substituents is 1. The molecule has 0 spiro atoms. The van der Waals surface area contributed by atoms with Crippen LogP contribution in [0.25, 0.3) is 0 Å². The van der Waals surface area contributed by atoms with E-state index in [9.17, 15) is 9.90 Å². The molecule has 0 amide bonds. The van der Waals surface area contributed by atoms with Crippen molar-refractivity contribution in [1.29, 1.82) is 0 Å². The Labute approximate surface area is 131 Å². The fourth-order valence-corrected chi connectivity index (χ4v) is 2.29. The Kier molecular flexibility index (Phi) is 4.39. The van der Waals surface area contributed by atoms with E-state index in [4.69, 9.17) is 15.0 Å². The highest BCUT2D eigenvalue weighted by atomic mass is 16.7. The molecule has 1 aromatic carbocycles. The number of hydrogen-bond acceptors (Lipinski definition) is 5. The number of phenols is 1. The van der Waals surface area contributed by atoms with Crippen molar-refractivity contribution < 1.29 is 19.2 Å². The lowest BCUT2D eigenvalue weighted by atomic mass is 9.77. The van der Waals surface area contributed by atoms with Gasteiger partial charge in [0.1, 0.15) is 11.5 Å². The van der Waals surface area contributed by atoms with Crippen molar-refractivity contribution in [3.05, 3.63) is 23.8 Å². The number of carbonyl (C=O) groups excluding carboxylic acids is 1. The molecule has 3 N–H and O–H groups in total. The summed E-state index contributed by atoms with van der Waals surface area (Å²) in [5, 5.41) is 10.1. The van der Waals surface area contributed by atoms with E-state index in [0.717, 1.165) is 5.56 Å². The molecule has 1 aliphatic heterocycles. The lowest BCUT2D eigenvalue weighted by molar-refractivity contribution is -0.118. The van der Waals surface area contributed by atoms with E-state index in [1.165, 1.54) is 6.92 Å². The maximum absolute atomic E-state index is 11.3. The van der Waals surface area contributed by atoms with Crippen LogP contribution in [0.1, 0.15) is 40.2 Å². The minimum atomic E-state index is -0.640. The van der Waals surface area contributed by atoms with Crippen molar-refractivity contribution >= 4 is 18.4 Å². The summed E-state index contributed by atoms with van der Waals surface area (Å²) in [6, 6.07) is 4.59. The number of carbonyl (C=O) groups is 1. The number of hydrogen-bond donors (Lipinski definition) is 2. The number of ketones is 1. The predicted octanol–water partition coefficient (Wildman–Crippen LogP) is 1.15. The first-order valence-electron chi connectivity index (χ1n) is 7.47. The van der Waals surface area contributed by atoms with Gasteiger partial charge in [-0.15, -0.1) is 0 Å². The van der Waals surface area contributed by atoms with Crippen molar-refractivity contribution in [3.8, 4) is 5.75 Å². The van der Waals surface area contributed by atoms with E-state index in [1.54, 1.807) is 18.2 Å². The maximum Gasteiger partial charge on any atom is 0.498 e. The van der Waals surface area contributed by atoms with Gasteiger partial charge in [-0.2, -0.15) is 0 Å². The number of rotatable bonds is 4. The lowest BCUT2D eigenvalue weighted by Gasteiger charge is -2.32. The molecule has 0 saturated carbocycles. The van der Waals surface area contributed by atoms with Crippen LogP contribution in [0.2, 0.25) is 0 Å². The van der Waals surface area contributed by atoms with E-state index in [-0.39, 0.29) is 11.5 Å². The second-order valence-electron chi connectivity index (χ2n) is 6.90. The summed E-state index contributed by atoms with van der Waals surface area (Å²) in [4.78, 5) is 11.3. The number of benzene rings is 1. The molecule has 1 fully saturated rings. The zero-order valence-electron chi connectivity index (χ0n) is 13.8. The fraction of sp³-hybridized carbons (Fsp3) is 0.562. The van der Waals surface area contributed by atoms with Crippen LogP contribution in [-0.4, -0.2) is 35.3 Å². The van der Waals surface area contributed by atoms with Crippen LogP contribution in [0.15, 0.2) is 18.2 Å². The Morgan fingerprint density at radius 3 is 2.32 bits per heavy atom. The van der Waals surface area contributed by atoms with Gasteiger partial charge >= 0.3 is 7.12 Å². The summed E-state index contributed by atoms with van der Waals surface area (Å²) in [5.41, 5.74) is 6.28. The summed E-state index contributed by atoms with van der Waals surface area (Å²) in [7, 11) is -0.640. The van der Waals surface area contributed by atoms with Crippen molar-refractivity contribution in [3.63, 3.8) is 0 Å². The molecule has 5 nitrogen and oxygen atoms in total. The van der Waals surface area contributed by atoms with Crippen LogP contribution in [0.3, 0.4) is 0 Å². The molecule has 6 heteroatoms. The molecule has 1 saturated heterocycles. The smallest absolute Gasteiger partial charge is 0.498 e. The number of aromatic hydroxyl groups is 1. The highest BCUT2D eigenvalue weighted by molar-refractivity contribution is 6.63. The van der Waals surface area contributed by atoms with Gasteiger partial charge in [0.2, 0.25) is 0 Å². The van der Waals surface area contributed by atoms with E-state index in [0.29, 0.717) is 11.9 Å². The van der Waals surface area contributed by atoms with Crippen molar-refractivity contribution in [2.75, 3.05) is 0 Å². The van der Waals surface area contributed by atoms with Gasteiger partial charge in [-0.25, -0.2) is 0 Å². The van der Waals surface area contributed by atoms with E-state index in [2.05, 4.69) is 0 Å². The Hall–Kier alpha value is -1.37. The molecule has 1 aliphatic rings. The average molecular weight is 305 g/mol. The molecular formula is C16H24BNO4. The summed E-state index contributed by atoms with van der Waals surface area (Å²) in [6.07, 6.45) is 0.419. The third kappa shape index (κ3) is 3.19. The first-order valence-corrected chi connectivity index (χ1v) is 7.47. The van der Waals surface area contributed by atoms with Crippen molar-refractivity contribution in [1.82, 2.24) is 0 Å². The molecule has 0 aliphatic carbocycles. The standard InChI is InChI=1S/C16H24BNO4/c1-10(19)13(18)9-11-6-7-14(20)12(8-11)17-21-15(2,3)16(4,5)22-17/h6-8,13,20H,9,18H2,1-5H3/t13-/m0/s1. The Bertz CT molecular complexity index is 570. The molecule has 22 heavy (non-hydrogen) atoms. The minimum absolute atomic E-state index is 0.0646. The van der Waals surface area contributed by atoms with E-state index < -0.39 is 24.4 Å². The van der Waals surface area contributed by atoms with Crippen LogP contribution < -0.4 is 11.2 Å². The predicted molar refractivity (Wildman–Crippen MR) is 86.2 cm³/mol. The van der Waals surface area contributed by atoms with Crippen LogP contribution in [-0.2, 0) is 20.5 Å². The molecule has 0 bridgehead atoms. The van der Waals surface area contributed by atoms with Crippen LogP contribution in [0, 0.1) is 0 Å². The van der Waals surface area contributed by atoms with Gasteiger partial charge in [-0.1, -0.05) is 12.1 Å². The summed E-state index contributed by atoms with van der Waals surface area (Å²) in [5.74, 6) is 0.0453. The first kappa shape index (κ1) is 17.0. The van der Waals surface area contributed by atoms with Gasteiger partial charge in [0, 0.05) is 5.46 Å². The summed E-state index contributed by atoms with van der Waals surface area (Å²) >= 11 is 0. The fourth-order valence-electron chi connectivity index (χ4n) is 2.29. The van der Waals surface area contributed by atoms with Crippen molar-refractivity contribution in [2.24, 2.45) is 5.73 Å². The molecule has 0 unspecified atom stereocenters. The Balaban J connectivity index is 2.27. The zero-order valence-corrected chi connectivity index (χ0v) is 13.8. The molecule has 0 aromatic heterocycles. The lowest BCUT2D eigenvalue weighted by Crippen LogP contribution is -2.41. The third-order valence-corrected chi connectivity index (χ3v) is 4.58. The highest BCUT2D eigenvalue weighted by Gasteiger charge is 2.52. The normalized spacial score (nSPS) is 20.9. The Morgan fingerprint density at radius 2 is 1.82 bits per heavy atom. The number of Topliss-reactive ketones (excluding diaryl/α,β-unsaturated/α-hetero) is 1. The summed E-state index contributed by atoms with van der Waals surface area (Å²) in [6.45, 7) is 9.30. The molecule has 1 heterocycles. The monoisotopic (exact) mass is 305 g/mol. The van der Waals surface area contributed by atoms with Crippen LogP contribution in [0.5, 0.6) is 5.75 Å². The molecule has 120 valence electrons. The SMILES string of the molecule is CC(=O)[C@@H](N)Cc1ccc(O)c(B2OC(C)(C)C(C)(C)O2)c1. The van der Waals surface area contributed by atoms with Gasteiger partial charge in [0.25, 0.3) is 0 Å². The first-order chi connectivity index (χ1) is 10.0. The van der Waals surface area contributed by atoms with E-state index in [1.807, 2.05) is 27.7 Å². The molecule has 0 radical (unpaired) electrons. The van der Waals surface area contributed by atoms with Gasteiger partial charge in [0.15, 0.2) is 0 Å². The Morgan fingerprint density at radius 1 is 1.27 bits per heavy atom. The zero-order chi connectivity index (χ0) is 16.7. The van der Waals surface area contributed by atoms with Crippen molar-refractivity contribution in [2.45, 2.75) is 58.3 Å². The highest BCUT2D eigenvalue weighted by Crippen LogP contribution is 2.37. The minimum Gasteiger partial charge on any atom is -0.508 e. The average Bonchev–Trinajstić information content (AvgIpc) is 2.60. The van der Waals surface area contributed by atoms with Gasteiger partial charge < -0.3 is 20.1 Å². The topological polar surface area (TPSA) is 81.8 Å². The molecular weight excluding hydrogens is 281 g/mol. The van der Waals surface area contributed by atoms with Gasteiger partial charge in [0.05, 0.1) is 17.2 Å². The molecule has 1 aromatic rings. The second-order valence-corrected chi connectivity index (χ2v) is 6.90. The second kappa shape index (κ2) is 5.68. The van der Waals surface area contributed by atoms with E-state index >= 15 is 0 Å². The van der Waals surface area contributed by atoms with Gasteiger partial charge in [-0.3, -0.25) is 4.79 Å². The quantitative estimate of drug-likeness (QED) is 0.816. The van der Waals surface area contributed by atoms with Gasteiger partial charge in [-0.05, 0) is 52.7 Å². The largest absolute Gasteiger partial charge is 0.508 e. The van der Waals surface area contributed by atoms with Crippen LogP contribution in [0.4, 0.5) is 0 Å². The summed E-state index contributed by atoms with van der Waals surface area (Å²) < 4.78 is 11.9. The molecule has 1 atom stereocenters. The molecule has 2 rings (SSSR count). The number of nitrogens with two attached hydrogens (primary N) is 1.